The Kier molecular flexibility index (Phi) is 6.58. The molecule has 0 bridgehead atoms. The van der Waals surface area contributed by atoms with Gasteiger partial charge >= 0.3 is 12.2 Å². The number of aromatic nitrogens is 5. The number of hydrogen-bond donors (Lipinski definition) is 1. The number of benzene rings is 2. The molecule has 1 atom stereocenters. The highest BCUT2D eigenvalue weighted by molar-refractivity contribution is 6.16. The van der Waals surface area contributed by atoms with E-state index in [1.165, 1.54) is 12.4 Å². The third-order valence-corrected chi connectivity index (χ3v) is 6.44. The van der Waals surface area contributed by atoms with Gasteiger partial charge in [0, 0.05) is 47.3 Å². The summed E-state index contributed by atoms with van der Waals surface area (Å²) in [4.78, 5) is 30.1. The number of ketones is 1. The Morgan fingerprint density at radius 2 is 1.61 bits per heavy atom. The van der Waals surface area contributed by atoms with Crippen molar-refractivity contribution in [2.24, 2.45) is 4.99 Å². The summed E-state index contributed by atoms with van der Waals surface area (Å²) in [6.45, 7) is 1.66. The lowest BCUT2D eigenvalue weighted by atomic mass is 9.96. The minimum absolute atomic E-state index is 0.000855. The van der Waals surface area contributed by atoms with Gasteiger partial charge in [0.05, 0.1) is 11.3 Å². The minimum Gasteiger partial charge on any atom is -0.402 e. The van der Waals surface area contributed by atoms with Crippen molar-refractivity contribution < 1.29 is 22.4 Å². The highest BCUT2D eigenvalue weighted by atomic mass is 19.4. The Labute approximate surface area is 231 Å². The van der Waals surface area contributed by atoms with Gasteiger partial charge in [-0.1, -0.05) is 59.7 Å². The second-order valence-corrected chi connectivity index (χ2v) is 9.24. The van der Waals surface area contributed by atoms with Crippen LogP contribution in [0, 0.1) is 6.92 Å². The van der Waals surface area contributed by atoms with Crippen LogP contribution in [0.4, 0.5) is 19.2 Å². The van der Waals surface area contributed by atoms with Crippen LogP contribution in [0.5, 0.6) is 0 Å². The van der Waals surface area contributed by atoms with Gasteiger partial charge in [-0.2, -0.15) is 13.2 Å². The van der Waals surface area contributed by atoms with E-state index in [1.807, 2.05) is 54.6 Å². The van der Waals surface area contributed by atoms with Crippen LogP contribution in [-0.4, -0.2) is 42.8 Å². The first-order valence-electron chi connectivity index (χ1n) is 12.5. The van der Waals surface area contributed by atoms with Crippen LogP contribution in [0.1, 0.15) is 28.1 Å². The van der Waals surface area contributed by atoms with Gasteiger partial charge in [-0.05, 0) is 18.6 Å². The number of nitrogens with one attached hydrogen (secondary N) is 1. The summed E-state index contributed by atoms with van der Waals surface area (Å²) in [6.07, 6.45) is -2.10. The molecule has 2 aromatic carbocycles. The zero-order chi connectivity index (χ0) is 28.6. The molecule has 3 aromatic heterocycles. The fraction of sp³-hybridized carbons (Fsp3) is 0.138. The number of alkyl halides is 3. The monoisotopic (exact) mass is 555 g/mol. The number of carbonyl (C=O) groups excluding carboxylic acids is 1. The standard InChI is InChI=1S/C29H20F3N7O2/c1-16-33-13-19(14-34-16)22-12-20(29(30,31)32)15-35-25(22)27-38-39-28(41-27)37-26-23(40)11-18-9-5-6-10-21(18)24(36-26)17-7-3-2-4-8-17/h2-10,12-15,26H,11H2,1H3,(H,37,39). The van der Waals surface area contributed by atoms with Gasteiger partial charge in [-0.3, -0.25) is 9.79 Å². The highest BCUT2D eigenvalue weighted by Gasteiger charge is 2.33. The molecule has 4 heterocycles. The first-order chi connectivity index (χ1) is 19.8. The maximum absolute atomic E-state index is 13.5. The molecule has 0 saturated heterocycles. The number of fused-ring (bicyclic) bond motifs is 1. The van der Waals surface area contributed by atoms with E-state index in [1.54, 1.807) is 6.92 Å². The molecule has 1 aliphatic rings. The molecule has 6 rings (SSSR count). The summed E-state index contributed by atoms with van der Waals surface area (Å²) in [6, 6.07) is 17.8. The fourth-order valence-electron chi connectivity index (χ4n) is 4.44. The largest absolute Gasteiger partial charge is 0.417 e. The average molecular weight is 556 g/mol. The molecule has 41 heavy (non-hydrogen) atoms. The van der Waals surface area contributed by atoms with E-state index in [2.05, 4.69) is 30.5 Å². The molecule has 0 saturated carbocycles. The van der Waals surface area contributed by atoms with Crippen LogP contribution in [0.25, 0.3) is 22.7 Å². The average Bonchev–Trinajstić information content (AvgIpc) is 3.38. The highest BCUT2D eigenvalue weighted by Crippen LogP contribution is 2.36. The van der Waals surface area contributed by atoms with E-state index < -0.39 is 17.9 Å². The van der Waals surface area contributed by atoms with Gasteiger partial charge < -0.3 is 9.73 Å². The number of pyridine rings is 1. The second kappa shape index (κ2) is 10.4. The zero-order valence-corrected chi connectivity index (χ0v) is 21.4. The summed E-state index contributed by atoms with van der Waals surface area (Å²) in [5.74, 6) is 0.0619. The molecule has 1 aliphatic heterocycles. The van der Waals surface area contributed by atoms with Crippen molar-refractivity contribution in [3.63, 3.8) is 0 Å². The predicted octanol–water partition coefficient (Wildman–Crippen LogP) is 5.32. The zero-order valence-electron chi connectivity index (χ0n) is 21.4. The Bertz CT molecular complexity index is 1770. The summed E-state index contributed by atoms with van der Waals surface area (Å²) < 4.78 is 46.2. The number of halogens is 3. The lowest BCUT2D eigenvalue weighted by Crippen LogP contribution is -2.29. The lowest BCUT2D eigenvalue weighted by Gasteiger charge is -2.12. The van der Waals surface area contributed by atoms with Gasteiger partial charge in [0.15, 0.2) is 11.9 Å². The number of aliphatic imine (C=N–C) groups is 1. The van der Waals surface area contributed by atoms with E-state index >= 15 is 0 Å². The van der Waals surface area contributed by atoms with E-state index in [4.69, 9.17) is 9.41 Å². The fourth-order valence-corrected chi connectivity index (χ4v) is 4.44. The topological polar surface area (TPSA) is 119 Å². The molecular formula is C29H20F3N7O2. The first-order valence-corrected chi connectivity index (χ1v) is 12.5. The van der Waals surface area contributed by atoms with E-state index in [0.29, 0.717) is 17.7 Å². The van der Waals surface area contributed by atoms with E-state index in [9.17, 15) is 18.0 Å². The Hall–Kier alpha value is -5.26. The van der Waals surface area contributed by atoms with Gasteiger partial charge in [0.1, 0.15) is 11.5 Å². The number of aryl methyl sites for hydroxylation is 1. The maximum Gasteiger partial charge on any atom is 0.417 e. The summed E-state index contributed by atoms with van der Waals surface area (Å²) in [5.41, 5.74) is 2.49. The summed E-state index contributed by atoms with van der Waals surface area (Å²) in [7, 11) is 0. The van der Waals surface area contributed by atoms with Crippen molar-refractivity contribution in [3.05, 3.63) is 107 Å². The van der Waals surface area contributed by atoms with Gasteiger partial charge in [0.25, 0.3) is 5.89 Å². The van der Waals surface area contributed by atoms with Crippen LogP contribution in [0.3, 0.4) is 0 Å². The number of Topliss-reactive ketones (excluding diaryl/α,β-unsaturated/α-hetero) is 1. The number of hydrogen-bond acceptors (Lipinski definition) is 9. The third kappa shape index (κ3) is 5.31. The first kappa shape index (κ1) is 26.0. The maximum atomic E-state index is 13.5. The minimum atomic E-state index is -4.63. The summed E-state index contributed by atoms with van der Waals surface area (Å²) in [5, 5.41) is 10.9. The lowest BCUT2D eigenvalue weighted by molar-refractivity contribution is -0.137. The Morgan fingerprint density at radius 3 is 2.37 bits per heavy atom. The number of rotatable bonds is 5. The molecule has 0 amide bonds. The molecule has 0 radical (unpaired) electrons. The molecule has 0 spiro atoms. The van der Waals surface area contributed by atoms with E-state index in [0.717, 1.165) is 22.8 Å². The molecule has 12 heteroatoms. The van der Waals surface area contributed by atoms with Crippen molar-refractivity contribution >= 4 is 17.5 Å². The van der Waals surface area contributed by atoms with Crippen molar-refractivity contribution in [1.29, 1.82) is 0 Å². The smallest absolute Gasteiger partial charge is 0.402 e. The molecule has 0 fully saturated rings. The van der Waals surface area contributed by atoms with Crippen LogP contribution in [-0.2, 0) is 17.4 Å². The van der Waals surface area contributed by atoms with Crippen LogP contribution >= 0.6 is 0 Å². The Balaban J connectivity index is 1.37. The molecular weight excluding hydrogens is 535 g/mol. The van der Waals surface area contributed by atoms with Crippen LogP contribution in [0.2, 0.25) is 0 Å². The van der Waals surface area contributed by atoms with Gasteiger partial charge in [-0.25, -0.2) is 15.0 Å². The van der Waals surface area contributed by atoms with Crippen LogP contribution < -0.4 is 5.32 Å². The molecule has 5 aromatic rings. The summed E-state index contributed by atoms with van der Waals surface area (Å²) >= 11 is 0. The van der Waals surface area contributed by atoms with Crippen LogP contribution in [0.15, 0.2) is 88.7 Å². The molecule has 0 aliphatic carbocycles. The normalized spacial score (nSPS) is 15.2. The number of carbonyl (C=O) groups is 1. The van der Waals surface area contributed by atoms with Crippen molar-refractivity contribution in [2.45, 2.75) is 25.7 Å². The molecule has 1 unspecified atom stereocenters. The molecule has 1 N–H and O–H groups in total. The number of anilines is 1. The van der Waals surface area contributed by atoms with Crippen molar-refractivity contribution in [2.75, 3.05) is 5.32 Å². The molecule has 9 nitrogen and oxygen atoms in total. The van der Waals surface area contributed by atoms with Crippen molar-refractivity contribution in [1.82, 2.24) is 25.1 Å². The Morgan fingerprint density at radius 1 is 0.878 bits per heavy atom. The number of nitrogens with zero attached hydrogens (tertiary/aromatic N) is 6. The third-order valence-electron chi connectivity index (χ3n) is 6.44. The SMILES string of the molecule is Cc1ncc(-c2cc(C(F)(F)F)cnc2-c2nnc(NC3N=C(c4ccccc4)c4ccccc4CC3=O)o2)cn1. The quantitative estimate of drug-likeness (QED) is 0.310. The van der Waals surface area contributed by atoms with Crippen molar-refractivity contribution in [3.8, 4) is 22.7 Å². The van der Waals surface area contributed by atoms with Gasteiger partial charge in [-0.15, -0.1) is 5.10 Å². The van der Waals surface area contributed by atoms with Gasteiger partial charge in [0.2, 0.25) is 0 Å². The predicted molar refractivity (Wildman–Crippen MR) is 143 cm³/mol. The van der Waals surface area contributed by atoms with E-state index in [-0.39, 0.29) is 40.9 Å². The second-order valence-electron chi connectivity index (χ2n) is 9.24. The molecule has 204 valence electrons.